The third-order valence-corrected chi connectivity index (χ3v) is 3.20. The van der Waals surface area contributed by atoms with Gasteiger partial charge in [-0.1, -0.05) is 12.1 Å². The van der Waals surface area contributed by atoms with Gasteiger partial charge in [0.2, 0.25) is 0 Å². The molecule has 0 radical (unpaired) electrons. The minimum atomic E-state index is 0.0689. The molecule has 2 rings (SSSR count). The second-order valence-electron chi connectivity index (χ2n) is 6.03. The summed E-state index contributed by atoms with van der Waals surface area (Å²) in [5, 5.41) is 3.44. The van der Waals surface area contributed by atoms with E-state index >= 15 is 0 Å². The van der Waals surface area contributed by atoms with Gasteiger partial charge in [0, 0.05) is 17.6 Å². The van der Waals surface area contributed by atoms with Crippen molar-refractivity contribution in [3.05, 3.63) is 41.4 Å². The van der Waals surface area contributed by atoms with Crippen molar-refractivity contribution >= 4 is 0 Å². The molecule has 0 spiro atoms. The first-order valence-corrected chi connectivity index (χ1v) is 6.62. The first-order chi connectivity index (χ1) is 8.87. The third-order valence-electron chi connectivity index (χ3n) is 3.20. The van der Waals surface area contributed by atoms with E-state index in [2.05, 4.69) is 63.1 Å². The quantitative estimate of drug-likeness (QED) is 0.908. The summed E-state index contributed by atoms with van der Waals surface area (Å²) in [7, 11) is 0. The lowest BCUT2D eigenvalue weighted by Gasteiger charge is -2.19. The van der Waals surface area contributed by atoms with Crippen LogP contribution in [0.3, 0.4) is 0 Å². The van der Waals surface area contributed by atoms with Crippen LogP contribution >= 0.6 is 0 Å². The van der Waals surface area contributed by atoms with Crippen LogP contribution in [0.4, 0.5) is 0 Å². The first-order valence-electron chi connectivity index (χ1n) is 6.62. The van der Waals surface area contributed by atoms with Crippen molar-refractivity contribution in [2.24, 2.45) is 0 Å². The molecule has 0 atom stereocenters. The molecule has 3 heteroatoms. The highest BCUT2D eigenvalue weighted by Gasteiger charge is 2.15. The Labute approximate surface area is 115 Å². The van der Waals surface area contributed by atoms with Crippen LogP contribution in [0, 0.1) is 13.8 Å². The minimum absolute atomic E-state index is 0.0689. The maximum atomic E-state index is 5.56. The molecule has 0 fully saturated rings. The van der Waals surface area contributed by atoms with Crippen molar-refractivity contribution in [1.29, 1.82) is 0 Å². The highest BCUT2D eigenvalue weighted by atomic mass is 16.3. The molecule has 0 amide bonds. The second-order valence-corrected chi connectivity index (χ2v) is 6.03. The van der Waals surface area contributed by atoms with Crippen molar-refractivity contribution in [2.45, 2.75) is 46.7 Å². The smallest absolute Gasteiger partial charge is 0.181 e. The predicted molar refractivity (Wildman–Crippen MR) is 78.0 cm³/mol. The van der Waals surface area contributed by atoms with Crippen LogP contribution in [0.5, 0.6) is 0 Å². The van der Waals surface area contributed by atoms with Gasteiger partial charge in [0.15, 0.2) is 12.2 Å². The number of oxazole rings is 1. The van der Waals surface area contributed by atoms with E-state index in [1.165, 1.54) is 17.5 Å². The SMILES string of the molecule is Cc1ccc(-c2ocnc2CNC(C)(C)C)cc1C. The van der Waals surface area contributed by atoms with E-state index in [4.69, 9.17) is 4.42 Å². The maximum absolute atomic E-state index is 5.56. The molecule has 1 N–H and O–H groups in total. The Hall–Kier alpha value is -1.61. The topological polar surface area (TPSA) is 38.1 Å². The highest BCUT2D eigenvalue weighted by molar-refractivity contribution is 5.61. The van der Waals surface area contributed by atoms with E-state index < -0.39 is 0 Å². The number of hydrogen-bond acceptors (Lipinski definition) is 3. The van der Waals surface area contributed by atoms with Gasteiger partial charge in [-0.2, -0.15) is 0 Å². The van der Waals surface area contributed by atoms with Crippen LogP contribution in [-0.4, -0.2) is 10.5 Å². The highest BCUT2D eigenvalue weighted by Crippen LogP contribution is 2.25. The van der Waals surface area contributed by atoms with Gasteiger partial charge < -0.3 is 9.73 Å². The molecule has 0 aliphatic carbocycles. The van der Waals surface area contributed by atoms with Gasteiger partial charge in [-0.25, -0.2) is 4.98 Å². The predicted octanol–water partition coefficient (Wildman–Crippen LogP) is 3.85. The molecule has 3 nitrogen and oxygen atoms in total. The van der Waals surface area contributed by atoms with Crippen LogP contribution < -0.4 is 5.32 Å². The zero-order valence-electron chi connectivity index (χ0n) is 12.4. The van der Waals surface area contributed by atoms with Gasteiger partial charge in [0.25, 0.3) is 0 Å². The molecule has 0 unspecified atom stereocenters. The van der Waals surface area contributed by atoms with Crippen LogP contribution in [0.25, 0.3) is 11.3 Å². The van der Waals surface area contributed by atoms with E-state index in [9.17, 15) is 0 Å². The van der Waals surface area contributed by atoms with Crippen molar-refractivity contribution in [3.63, 3.8) is 0 Å². The van der Waals surface area contributed by atoms with E-state index in [1.807, 2.05) is 0 Å². The molecule has 2 aromatic rings. The summed E-state index contributed by atoms with van der Waals surface area (Å²) in [5.74, 6) is 0.861. The number of aryl methyl sites for hydroxylation is 2. The molecule has 1 aromatic carbocycles. The Morgan fingerprint density at radius 1 is 1.16 bits per heavy atom. The maximum Gasteiger partial charge on any atom is 0.181 e. The van der Waals surface area contributed by atoms with E-state index in [0.717, 1.165) is 17.0 Å². The lowest BCUT2D eigenvalue weighted by molar-refractivity contribution is 0.421. The molecular weight excluding hydrogens is 236 g/mol. The summed E-state index contributed by atoms with van der Waals surface area (Å²) in [6.45, 7) is 11.4. The average Bonchev–Trinajstić information content (AvgIpc) is 2.77. The van der Waals surface area contributed by atoms with Gasteiger partial charge in [-0.05, 0) is 51.8 Å². The average molecular weight is 258 g/mol. The van der Waals surface area contributed by atoms with Gasteiger partial charge in [0.1, 0.15) is 5.69 Å². The second kappa shape index (κ2) is 5.17. The van der Waals surface area contributed by atoms with Crippen LogP contribution in [0.2, 0.25) is 0 Å². The van der Waals surface area contributed by atoms with E-state index in [1.54, 1.807) is 0 Å². The Morgan fingerprint density at radius 3 is 2.53 bits per heavy atom. The molecule has 0 bridgehead atoms. The number of benzene rings is 1. The summed E-state index contributed by atoms with van der Waals surface area (Å²) in [6, 6.07) is 6.36. The zero-order chi connectivity index (χ0) is 14.0. The molecule has 102 valence electrons. The van der Waals surface area contributed by atoms with Crippen LogP contribution in [0.1, 0.15) is 37.6 Å². The van der Waals surface area contributed by atoms with E-state index in [-0.39, 0.29) is 5.54 Å². The summed E-state index contributed by atoms with van der Waals surface area (Å²) in [5.41, 5.74) is 4.67. The molecule has 0 saturated carbocycles. The molecule has 19 heavy (non-hydrogen) atoms. The Balaban J connectivity index is 2.26. The molecule has 1 aromatic heterocycles. The zero-order valence-corrected chi connectivity index (χ0v) is 12.4. The fourth-order valence-corrected chi connectivity index (χ4v) is 1.86. The Kier molecular flexibility index (Phi) is 3.76. The first kappa shape index (κ1) is 13.8. The third kappa shape index (κ3) is 3.44. The largest absolute Gasteiger partial charge is 0.443 e. The molecule has 1 heterocycles. The standard InChI is InChI=1S/C16H22N2O/c1-11-6-7-13(8-12(11)2)15-14(17-10-19-15)9-18-16(3,4)5/h6-8,10,18H,9H2,1-5H3. The number of hydrogen-bond donors (Lipinski definition) is 1. The number of rotatable bonds is 3. The molecular formula is C16H22N2O. The number of nitrogens with zero attached hydrogens (tertiary/aromatic N) is 1. The van der Waals surface area contributed by atoms with Crippen molar-refractivity contribution < 1.29 is 4.42 Å². The lowest BCUT2D eigenvalue weighted by atomic mass is 10.0. The van der Waals surface area contributed by atoms with Crippen molar-refractivity contribution in [3.8, 4) is 11.3 Å². The molecule has 0 aliphatic rings. The summed E-state index contributed by atoms with van der Waals surface area (Å²) in [4.78, 5) is 4.32. The number of nitrogens with one attached hydrogen (secondary N) is 1. The molecule has 0 aliphatic heterocycles. The van der Waals surface area contributed by atoms with Gasteiger partial charge in [-0.3, -0.25) is 0 Å². The summed E-state index contributed by atoms with van der Waals surface area (Å²) in [6.07, 6.45) is 1.52. The fraction of sp³-hybridized carbons (Fsp3) is 0.438. The van der Waals surface area contributed by atoms with Gasteiger partial charge in [0.05, 0.1) is 0 Å². The Morgan fingerprint density at radius 2 is 1.89 bits per heavy atom. The van der Waals surface area contributed by atoms with Crippen LogP contribution in [0.15, 0.2) is 29.0 Å². The van der Waals surface area contributed by atoms with Crippen molar-refractivity contribution in [2.75, 3.05) is 0 Å². The fourth-order valence-electron chi connectivity index (χ4n) is 1.86. The van der Waals surface area contributed by atoms with Gasteiger partial charge in [-0.15, -0.1) is 0 Å². The summed E-state index contributed by atoms with van der Waals surface area (Å²) >= 11 is 0. The monoisotopic (exact) mass is 258 g/mol. The van der Waals surface area contributed by atoms with E-state index in [0.29, 0.717) is 6.54 Å². The number of aromatic nitrogens is 1. The summed E-state index contributed by atoms with van der Waals surface area (Å²) < 4.78 is 5.56. The van der Waals surface area contributed by atoms with Gasteiger partial charge >= 0.3 is 0 Å². The molecule has 0 saturated heterocycles. The van der Waals surface area contributed by atoms with Crippen LogP contribution in [-0.2, 0) is 6.54 Å². The Bertz CT molecular complexity index is 564. The normalized spacial score (nSPS) is 11.8. The lowest BCUT2D eigenvalue weighted by Crippen LogP contribution is -2.35. The van der Waals surface area contributed by atoms with Crippen molar-refractivity contribution in [1.82, 2.24) is 10.3 Å². The minimum Gasteiger partial charge on any atom is -0.443 e.